The van der Waals surface area contributed by atoms with Crippen LogP contribution in [0.4, 0.5) is 0 Å². The average Bonchev–Trinajstić information content (AvgIpc) is 2.75. The number of ether oxygens (including phenoxy) is 2. The van der Waals surface area contributed by atoms with E-state index >= 15 is 0 Å². The van der Waals surface area contributed by atoms with Gasteiger partial charge in [-0.1, -0.05) is 12.1 Å². The van der Waals surface area contributed by atoms with Crippen molar-refractivity contribution in [2.45, 2.75) is 45.7 Å². The van der Waals surface area contributed by atoms with Gasteiger partial charge in [-0.25, -0.2) is 0 Å². The van der Waals surface area contributed by atoms with Gasteiger partial charge >= 0.3 is 0 Å². The third-order valence-electron chi connectivity index (χ3n) is 5.84. The van der Waals surface area contributed by atoms with Gasteiger partial charge < -0.3 is 23.9 Å². The Morgan fingerprint density at radius 1 is 1.13 bits per heavy atom. The molecular weight excluding hydrogens is 382 g/mol. The van der Waals surface area contributed by atoms with E-state index in [2.05, 4.69) is 6.92 Å². The highest BCUT2D eigenvalue weighted by Gasteiger charge is 2.25. The molecule has 6 heteroatoms. The molecule has 4 rings (SSSR count). The summed E-state index contributed by atoms with van der Waals surface area (Å²) in [6, 6.07) is 10.9. The summed E-state index contributed by atoms with van der Waals surface area (Å²) in [5, 5.41) is 10.9. The maximum atomic E-state index is 13.1. The number of benzene rings is 2. The number of phenolic OH excluding ortho intramolecular Hbond substituents is 1. The third kappa shape index (κ3) is 4.00. The van der Waals surface area contributed by atoms with Crippen molar-refractivity contribution >= 4 is 11.0 Å². The number of nitrogens with one attached hydrogen (secondary N) is 1. The van der Waals surface area contributed by atoms with Crippen LogP contribution >= 0.6 is 0 Å². The number of likely N-dealkylation sites (tertiary alicyclic amines) is 1. The second kappa shape index (κ2) is 8.79. The Kier molecular flexibility index (Phi) is 5.95. The molecule has 2 N–H and O–H groups in total. The molecule has 0 bridgehead atoms. The molecule has 6 nitrogen and oxygen atoms in total. The fourth-order valence-corrected chi connectivity index (χ4v) is 4.14. The first-order valence-electron chi connectivity index (χ1n) is 10.6. The highest BCUT2D eigenvalue weighted by Crippen LogP contribution is 2.32. The van der Waals surface area contributed by atoms with Gasteiger partial charge in [-0.3, -0.25) is 4.79 Å². The fourth-order valence-electron chi connectivity index (χ4n) is 4.14. The number of piperidine rings is 1. The van der Waals surface area contributed by atoms with Crippen molar-refractivity contribution in [2.24, 2.45) is 0 Å². The summed E-state index contributed by atoms with van der Waals surface area (Å²) in [7, 11) is 0. The van der Waals surface area contributed by atoms with Gasteiger partial charge in [0.05, 0.1) is 30.1 Å². The van der Waals surface area contributed by atoms with Gasteiger partial charge in [0.2, 0.25) is 11.2 Å². The molecule has 2 heterocycles. The predicted molar refractivity (Wildman–Crippen MR) is 115 cm³/mol. The number of hydrogen-bond acceptors (Lipinski definition) is 5. The van der Waals surface area contributed by atoms with Gasteiger partial charge in [0.25, 0.3) is 0 Å². The van der Waals surface area contributed by atoms with Crippen LogP contribution in [0.15, 0.2) is 51.9 Å². The molecule has 0 amide bonds. The number of hydrogen-bond donors (Lipinski definition) is 2. The molecule has 1 aliphatic rings. The Balaban J connectivity index is 1.70. The van der Waals surface area contributed by atoms with Crippen molar-refractivity contribution in [2.75, 3.05) is 13.2 Å². The van der Waals surface area contributed by atoms with E-state index in [1.165, 1.54) is 30.4 Å². The zero-order valence-electron chi connectivity index (χ0n) is 17.4. The summed E-state index contributed by atoms with van der Waals surface area (Å²) in [6.45, 7) is 6.29. The first-order chi connectivity index (χ1) is 14.6. The Morgan fingerprint density at radius 3 is 2.70 bits per heavy atom. The molecule has 30 heavy (non-hydrogen) atoms. The highest BCUT2D eigenvalue weighted by atomic mass is 16.5. The first kappa shape index (κ1) is 20.3. The van der Waals surface area contributed by atoms with E-state index in [-0.39, 0.29) is 16.9 Å². The zero-order valence-corrected chi connectivity index (χ0v) is 17.4. The lowest BCUT2D eigenvalue weighted by Crippen LogP contribution is -3.14. The number of quaternary nitrogens is 1. The second-order valence-electron chi connectivity index (χ2n) is 7.83. The van der Waals surface area contributed by atoms with Crippen molar-refractivity contribution < 1.29 is 23.9 Å². The minimum absolute atomic E-state index is 0.0879. The molecule has 3 aromatic rings. The minimum Gasteiger partial charge on any atom is -0.507 e. The van der Waals surface area contributed by atoms with Crippen molar-refractivity contribution in [3.63, 3.8) is 0 Å². The monoisotopic (exact) mass is 410 g/mol. The molecule has 0 saturated carbocycles. The molecule has 1 fully saturated rings. The molecule has 158 valence electrons. The highest BCUT2D eigenvalue weighted by molar-refractivity contribution is 5.82. The molecule has 2 aromatic carbocycles. The standard InChI is InChI=1S/C24H27NO5/c1-3-28-20-9-4-5-10-21(20)30-22-15-29-24-17(23(22)27)11-12-19(26)18(24)14-25-13-7-6-8-16(25)2/h4-5,9-12,15-16,26H,3,6-8,13-14H2,1-2H3/p+1/t16-/m1/s1. The summed E-state index contributed by atoms with van der Waals surface area (Å²) >= 11 is 0. The van der Waals surface area contributed by atoms with E-state index in [4.69, 9.17) is 13.9 Å². The van der Waals surface area contributed by atoms with Crippen LogP contribution in [0.3, 0.4) is 0 Å². The van der Waals surface area contributed by atoms with Crippen molar-refractivity contribution in [1.82, 2.24) is 0 Å². The maximum Gasteiger partial charge on any atom is 0.235 e. The maximum absolute atomic E-state index is 13.1. The number of para-hydroxylation sites is 2. The lowest BCUT2D eigenvalue weighted by Gasteiger charge is -2.30. The van der Waals surface area contributed by atoms with Crippen LogP contribution < -0.4 is 19.8 Å². The largest absolute Gasteiger partial charge is 0.507 e. The van der Waals surface area contributed by atoms with Crippen LogP contribution in [0.2, 0.25) is 0 Å². The molecule has 1 aromatic heterocycles. The number of fused-ring (bicyclic) bond motifs is 1. The lowest BCUT2D eigenvalue weighted by molar-refractivity contribution is -0.941. The van der Waals surface area contributed by atoms with Gasteiger partial charge in [-0.15, -0.1) is 0 Å². The van der Waals surface area contributed by atoms with Gasteiger partial charge in [0.15, 0.2) is 17.1 Å². The Hall–Kier alpha value is -2.99. The molecule has 1 aliphatic heterocycles. The molecule has 0 spiro atoms. The fraction of sp³-hybridized carbons (Fsp3) is 0.375. The predicted octanol–water partition coefficient (Wildman–Crippen LogP) is 3.65. The van der Waals surface area contributed by atoms with Crippen LogP contribution in [-0.2, 0) is 6.54 Å². The molecule has 1 saturated heterocycles. The summed E-state index contributed by atoms with van der Waals surface area (Å²) in [5.41, 5.74) is 0.829. The van der Waals surface area contributed by atoms with E-state index in [0.717, 1.165) is 6.54 Å². The second-order valence-corrected chi connectivity index (χ2v) is 7.83. The quantitative estimate of drug-likeness (QED) is 0.649. The van der Waals surface area contributed by atoms with E-state index in [1.54, 1.807) is 24.3 Å². The normalized spacial score (nSPS) is 19.0. The summed E-state index contributed by atoms with van der Waals surface area (Å²) in [4.78, 5) is 14.5. The third-order valence-corrected chi connectivity index (χ3v) is 5.84. The van der Waals surface area contributed by atoms with Gasteiger partial charge in [-0.2, -0.15) is 0 Å². The smallest absolute Gasteiger partial charge is 0.235 e. The lowest BCUT2D eigenvalue weighted by atomic mass is 10.0. The van der Waals surface area contributed by atoms with Gasteiger partial charge in [0.1, 0.15) is 18.6 Å². The van der Waals surface area contributed by atoms with Crippen LogP contribution in [-0.4, -0.2) is 24.3 Å². The van der Waals surface area contributed by atoms with Crippen molar-refractivity contribution in [3.05, 3.63) is 58.4 Å². The molecule has 0 radical (unpaired) electrons. The van der Waals surface area contributed by atoms with Gasteiger partial charge in [0, 0.05) is 0 Å². The zero-order chi connectivity index (χ0) is 21.1. The van der Waals surface area contributed by atoms with Crippen LogP contribution in [0.5, 0.6) is 23.0 Å². The SMILES string of the molecule is CCOc1ccccc1Oc1coc2c(C[NH+]3CCCC[C@H]3C)c(O)ccc2c1=O. The van der Waals surface area contributed by atoms with Crippen LogP contribution in [0.25, 0.3) is 11.0 Å². The minimum atomic E-state index is -0.273. The first-order valence-corrected chi connectivity index (χ1v) is 10.6. The molecular formula is C24H28NO5+. The average molecular weight is 410 g/mol. The summed E-state index contributed by atoms with van der Waals surface area (Å²) < 4.78 is 17.3. The van der Waals surface area contributed by atoms with E-state index in [1.807, 2.05) is 19.1 Å². The van der Waals surface area contributed by atoms with E-state index in [0.29, 0.717) is 47.2 Å². The Labute approximate surface area is 175 Å². The van der Waals surface area contributed by atoms with Crippen molar-refractivity contribution in [3.8, 4) is 23.0 Å². The topological polar surface area (TPSA) is 73.3 Å². The Morgan fingerprint density at radius 2 is 1.93 bits per heavy atom. The van der Waals surface area contributed by atoms with E-state index in [9.17, 15) is 9.90 Å². The molecule has 2 atom stereocenters. The molecule has 0 aliphatic carbocycles. The number of aromatic hydroxyl groups is 1. The van der Waals surface area contributed by atoms with Crippen LogP contribution in [0.1, 0.15) is 38.7 Å². The van der Waals surface area contributed by atoms with E-state index < -0.39 is 0 Å². The number of rotatable bonds is 6. The van der Waals surface area contributed by atoms with Gasteiger partial charge in [-0.05, 0) is 57.4 Å². The molecule has 1 unspecified atom stereocenters. The summed E-state index contributed by atoms with van der Waals surface area (Å²) in [5.74, 6) is 1.27. The summed E-state index contributed by atoms with van der Waals surface area (Å²) in [6.07, 6.45) is 4.91. The van der Waals surface area contributed by atoms with Crippen molar-refractivity contribution in [1.29, 1.82) is 0 Å². The van der Waals surface area contributed by atoms with Crippen LogP contribution in [0, 0.1) is 0 Å². The Bertz CT molecular complexity index is 1090. The number of phenols is 1.